The van der Waals surface area contributed by atoms with Crippen LogP contribution >= 0.6 is 0 Å². The molecule has 0 amide bonds. The van der Waals surface area contributed by atoms with Crippen molar-refractivity contribution in [3.8, 4) is 0 Å². The molecule has 2 rings (SSSR count). The summed E-state index contributed by atoms with van der Waals surface area (Å²) in [5.74, 6) is 0.598. The Hall–Kier alpha value is -1.58. The summed E-state index contributed by atoms with van der Waals surface area (Å²) in [7, 11) is 1.92. The fraction of sp³-hybridized carbons (Fsp3) is 0.538. The second kappa shape index (κ2) is 4.35. The standard InChI is InChI=1S/C13H20N4/c1-8(2)9(3)15-11-6-12-10(4)16-17(5)13(12)14-7-11/h6-9,15H,1-5H3. The van der Waals surface area contributed by atoms with Crippen LogP contribution in [0.4, 0.5) is 5.69 Å². The molecule has 4 nitrogen and oxygen atoms in total. The molecule has 0 aliphatic heterocycles. The minimum atomic E-state index is 0.436. The van der Waals surface area contributed by atoms with E-state index in [-0.39, 0.29) is 0 Å². The van der Waals surface area contributed by atoms with Crippen molar-refractivity contribution < 1.29 is 0 Å². The molecule has 0 radical (unpaired) electrons. The molecule has 4 heteroatoms. The predicted octanol–water partition coefficient (Wildman–Crippen LogP) is 2.73. The number of hydrogen-bond acceptors (Lipinski definition) is 3. The molecule has 92 valence electrons. The number of anilines is 1. The van der Waals surface area contributed by atoms with Gasteiger partial charge in [0.05, 0.1) is 17.6 Å². The summed E-state index contributed by atoms with van der Waals surface area (Å²) < 4.78 is 1.82. The van der Waals surface area contributed by atoms with Crippen LogP contribution in [-0.2, 0) is 7.05 Å². The number of aromatic nitrogens is 3. The van der Waals surface area contributed by atoms with E-state index in [0.29, 0.717) is 12.0 Å². The maximum atomic E-state index is 4.45. The van der Waals surface area contributed by atoms with Crippen molar-refractivity contribution in [3.63, 3.8) is 0 Å². The number of nitrogens with one attached hydrogen (secondary N) is 1. The van der Waals surface area contributed by atoms with Crippen molar-refractivity contribution in [1.29, 1.82) is 0 Å². The van der Waals surface area contributed by atoms with Gasteiger partial charge in [0, 0.05) is 18.5 Å². The zero-order valence-corrected chi connectivity index (χ0v) is 11.2. The lowest BCUT2D eigenvalue weighted by atomic mass is 10.1. The van der Waals surface area contributed by atoms with E-state index < -0.39 is 0 Å². The topological polar surface area (TPSA) is 42.7 Å². The number of hydrogen-bond donors (Lipinski definition) is 1. The summed E-state index contributed by atoms with van der Waals surface area (Å²) in [6.45, 7) is 8.61. The van der Waals surface area contributed by atoms with Crippen LogP contribution in [0.15, 0.2) is 12.3 Å². The highest BCUT2D eigenvalue weighted by molar-refractivity contribution is 5.81. The first-order valence-corrected chi connectivity index (χ1v) is 6.05. The molecule has 0 saturated heterocycles. The van der Waals surface area contributed by atoms with Crippen LogP contribution in [0.1, 0.15) is 26.5 Å². The molecule has 0 saturated carbocycles. The first-order valence-electron chi connectivity index (χ1n) is 6.05. The van der Waals surface area contributed by atoms with Gasteiger partial charge >= 0.3 is 0 Å². The van der Waals surface area contributed by atoms with Crippen molar-refractivity contribution in [2.24, 2.45) is 13.0 Å². The Balaban J connectivity index is 2.34. The zero-order chi connectivity index (χ0) is 12.6. The molecule has 17 heavy (non-hydrogen) atoms. The minimum Gasteiger partial charge on any atom is -0.381 e. The van der Waals surface area contributed by atoms with Crippen LogP contribution in [0.3, 0.4) is 0 Å². The average Bonchev–Trinajstić information content (AvgIpc) is 2.54. The third-order valence-corrected chi connectivity index (χ3v) is 3.26. The molecule has 0 aliphatic rings. The van der Waals surface area contributed by atoms with E-state index in [2.05, 4.69) is 42.2 Å². The highest BCUT2D eigenvalue weighted by Crippen LogP contribution is 2.20. The van der Waals surface area contributed by atoms with Gasteiger partial charge in [0.1, 0.15) is 0 Å². The van der Waals surface area contributed by atoms with Gasteiger partial charge in [-0.15, -0.1) is 0 Å². The first kappa shape index (κ1) is 11.9. The van der Waals surface area contributed by atoms with Crippen molar-refractivity contribution in [3.05, 3.63) is 18.0 Å². The van der Waals surface area contributed by atoms with Gasteiger partial charge in [-0.25, -0.2) is 4.98 Å². The maximum absolute atomic E-state index is 4.45. The molecule has 0 spiro atoms. The van der Waals surface area contributed by atoms with Gasteiger partial charge in [0.2, 0.25) is 0 Å². The van der Waals surface area contributed by atoms with E-state index >= 15 is 0 Å². The fourth-order valence-electron chi connectivity index (χ4n) is 1.82. The fourth-order valence-corrected chi connectivity index (χ4v) is 1.82. The van der Waals surface area contributed by atoms with Gasteiger partial charge in [0.25, 0.3) is 0 Å². The summed E-state index contributed by atoms with van der Waals surface area (Å²) in [5.41, 5.74) is 3.02. The Morgan fingerprint density at radius 2 is 2.00 bits per heavy atom. The highest BCUT2D eigenvalue weighted by atomic mass is 15.3. The Bertz CT molecular complexity index is 527. The van der Waals surface area contributed by atoms with Crippen molar-refractivity contribution >= 4 is 16.7 Å². The summed E-state index contributed by atoms with van der Waals surface area (Å²) >= 11 is 0. The molecule has 2 aromatic rings. The van der Waals surface area contributed by atoms with E-state index in [1.165, 1.54) is 0 Å². The first-order chi connectivity index (χ1) is 7.99. The monoisotopic (exact) mass is 232 g/mol. The normalized spacial score (nSPS) is 13.3. The molecule has 1 atom stereocenters. The molecule has 2 aromatic heterocycles. The van der Waals surface area contributed by atoms with Gasteiger partial charge in [0.15, 0.2) is 5.65 Å². The SMILES string of the molecule is Cc1nn(C)c2ncc(NC(C)C(C)C)cc12. The average molecular weight is 232 g/mol. The van der Waals surface area contributed by atoms with E-state index in [4.69, 9.17) is 0 Å². The lowest BCUT2D eigenvalue weighted by molar-refractivity contribution is 0.560. The smallest absolute Gasteiger partial charge is 0.157 e. The second-order valence-corrected chi connectivity index (χ2v) is 4.98. The van der Waals surface area contributed by atoms with Crippen molar-refractivity contribution in [2.75, 3.05) is 5.32 Å². The Morgan fingerprint density at radius 3 is 2.65 bits per heavy atom. The summed E-state index contributed by atoms with van der Waals surface area (Å²) in [6, 6.07) is 2.56. The van der Waals surface area contributed by atoms with E-state index in [1.807, 2.05) is 24.9 Å². The number of rotatable bonds is 3. The van der Waals surface area contributed by atoms with Gasteiger partial charge in [-0.2, -0.15) is 5.10 Å². The molecule has 0 aliphatic carbocycles. The van der Waals surface area contributed by atoms with Crippen molar-refractivity contribution in [2.45, 2.75) is 33.7 Å². The van der Waals surface area contributed by atoms with Gasteiger partial charge < -0.3 is 5.32 Å². The molecule has 0 fully saturated rings. The predicted molar refractivity (Wildman–Crippen MR) is 71.2 cm³/mol. The van der Waals surface area contributed by atoms with Crippen molar-refractivity contribution in [1.82, 2.24) is 14.8 Å². The molecule has 0 bridgehead atoms. The summed E-state index contributed by atoms with van der Waals surface area (Å²) in [5, 5.41) is 8.96. The van der Waals surface area contributed by atoms with Crippen LogP contribution in [0.2, 0.25) is 0 Å². The quantitative estimate of drug-likeness (QED) is 0.884. The summed E-state index contributed by atoms with van der Waals surface area (Å²) in [6.07, 6.45) is 1.88. The minimum absolute atomic E-state index is 0.436. The molecular formula is C13H20N4. The molecule has 1 N–H and O–H groups in total. The second-order valence-electron chi connectivity index (χ2n) is 4.98. The third-order valence-electron chi connectivity index (χ3n) is 3.26. The molecular weight excluding hydrogens is 212 g/mol. The highest BCUT2D eigenvalue weighted by Gasteiger charge is 2.10. The molecule has 0 aromatic carbocycles. The lowest BCUT2D eigenvalue weighted by Gasteiger charge is -2.18. The van der Waals surface area contributed by atoms with E-state index in [1.54, 1.807) is 0 Å². The van der Waals surface area contributed by atoms with Gasteiger partial charge in [-0.1, -0.05) is 13.8 Å². The lowest BCUT2D eigenvalue weighted by Crippen LogP contribution is -2.21. The number of fused-ring (bicyclic) bond motifs is 1. The van der Waals surface area contributed by atoms with Crippen LogP contribution in [-0.4, -0.2) is 20.8 Å². The number of aryl methyl sites for hydroxylation is 2. The van der Waals surface area contributed by atoms with Crippen LogP contribution in [0.25, 0.3) is 11.0 Å². The van der Waals surface area contributed by atoms with Gasteiger partial charge in [-0.3, -0.25) is 4.68 Å². The molecule has 1 unspecified atom stereocenters. The number of pyridine rings is 1. The zero-order valence-electron chi connectivity index (χ0n) is 11.2. The third kappa shape index (κ3) is 2.25. The van der Waals surface area contributed by atoms with Crippen LogP contribution in [0.5, 0.6) is 0 Å². The van der Waals surface area contributed by atoms with Gasteiger partial charge in [-0.05, 0) is 25.8 Å². The van der Waals surface area contributed by atoms with Crippen LogP contribution in [0, 0.1) is 12.8 Å². The van der Waals surface area contributed by atoms with E-state index in [0.717, 1.165) is 22.4 Å². The van der Waals surface area contributed by atoms with E-state index in [9.17, 15) is 0 Å². The Kier molecular flexibility index (Phi) is 3.05. The molecule has 2 heterocycles. The maximum Gasteiger partial charge on any atom is 0.157 e. The Morgan fingerprint density at radius 1 is 1.29 bits per heavy atom. The van der Waals surface area contributed by atoms with Crippen LogP contribution < -0.4 is 5.32 Å². The Labute approximate surface area is 102 Å². The summed E-state index contributed by atoms with van der Waals surface area (Å²) in [4.78, 5) is 4.45. The number of nitrogens with zero attached hydrogens (tertiary/aromatic N) is 3. The largest absolute Gasteiger partial charge is 0.381 e.